The summed E-state index contributed by atoms with van der Waals surface area (Å²) in [4.78, 5) is 4.09. The minimum absolute atomic E-state index is 0.0216. The van der Waals surface area contributed by atoms with Crippen LogP contribution in [-0.4, -0.2) is 24.3 Å². The lowest BCUT2D eigenvalue weighted by Crippen LogP contribution is -2.26. The molecule has 94 valence electrons. The highest BCUT2D eigenvalue weighted by Crippen LogP contribution is 2.38. The van der Waals surface area contributed by atoms with Crippen molar-refractivity contribution in [2.24, 2.45) is 0 Å². The second kappa shape index (κ2) is 4.75. The first kappa shape index (κ1) is 12.5. The van der Waals surface area contributed by atoms with Crippen molar-refractivity contribution in [2.45, 2.75) is 25.3 Å². The summed E-state index contributed by atoms with van der Waals surface area (Å²) in [5.74, 6) is 0.974. The van der Waals surface area contributed by atoms with Gasteiger partial charge in [-0.05, 0) is 12.8 Å². The van der Waals surface area contributed by atoms with Gasteiger partial charge in [-0.2, -0.15) is 4.98 Å². The lowest BCUT2D eigenvalue weighted by Gasteiger charge is -2.02. The molecule has 6 nitrogen and oxygen atoms in total. The van der Waals surface area contributed by atoms with Crippen molar-refractivity contribution in [3.63, 3.8) is 0 Å². The van der Waals surface area contributed by atoms with Gasteiger partial charge in [-0.25, -0.2) is 13.1 Å². The van der Waals surface area contributed by atoms with Gasteiger partial charge in [0.25, 0.3) is 0 Å². The number of nitrogens with one attached hydrogen (secondary N) is 1. The predicted molar refractivity (Wildman–Crippen MR) is 61.9 cm³/mol. The van der Waals surface area contributed by atoms with Crippen LogP contribution in [0.25, 0.3) is 0 Å². The van der Waals surface area contributed by atoms with Crippen LogP contribution in [-0.2, 0) is 16.6 Å². The van der Waals surface area contributed by atoms with E-state index in [0.29, 0.717) is 11.7 Å². The third kappa shape index (κ3) is 3.79. The van der Waals surface area contributed by atoms with Crippen LogP contribution in [0.2, 0.25) is 0 Å². The first-order valence-electron chi connectivity index (χ1n) is 5.09. The lowest BCUT2D eigenvalue weighted by molar-refractivity contribution is 0.370. The highest BCUT2D eigenvalue weighted by atomic mass is 35.5. The molecule has 1 saturated carbocycles. The molecule has 0 aromatic carbocycles. The monoisotopic (exact) mass is 277 g/mol. The SMILES string of the molecule is C=C(Cl)CS(=O)(=O)NCc1nc(C2CC2)no1. The van der Waals surface area contributed by atoms with Crippen molar-refractivity contribution in [3.8, 4) is 0 Å². The highest BCUT2D eigenvalue weighted by Gasteiger charge is 2.28. The molecule has 0 radical (unpaired) electrons. The summed E-state index contributed by atoms with van der Waals surface area (Å²) in [5, 5.41) is 3.83. The quantitative estimate of drug-likeness (QED) is 0.842. The Balaban J connectivity index is 1.90. The standard InChI is InChI=1S/C9H12ClN3O3S/c1-6(10)5-17(14,15)11-4-8-12-9(13-16-8)7-2-3-7/h7,11H,1-5H2. The molecule has 2 rings (SSSR count). The second-order valence-corrected chi connectivity index (χ2v) is 6.26. The summed E-state index contributed by atoms with van der Waals surface area (Å²) in [7, 11) is -3.48. The second-order valence-electron chi connectivity index (χ2n) is 3.92. The molecule has 1 aromatic heterocycles. The largest absolute Gasteiger partial charge is 0.338 e. The van der Waals surface area contributed by atoms with Gasteiger partial charge in [0.15, 0.2) is 5.82 Å². The van der Waals surface area contributed by atoms with Gasteiger partial charge in [-0.1, -0.05) is 23.3 Å². The van der Waals surface area contributed by atoms with Crippen molar-refractivity contribution < 1.29 is 12.9 Å². The molecule has 0 atom stereocenters. The molecule has 0 amide bonds. The third-order valence-electron chi connectivity index (χ3n) is 2.22. The predicted octanol–water partition coefficient (Wildman–Crippen LogP) is 1.12. The van der Waals surface area contributed by atoms with Crippen molar-refractivity contribution >= 4 is 21.6 Å². The van der Waals surface area contributed by atoms with Crippen LogP contribution >= 0.6 is 11.6 Å². The van der Waals surface area contributed by atoms with Gasteiger partial charge >= 0.3 is 0 Å². The van der Waals surface area contributed by atoms with Gasteiger partial charge in [-0.3, -0.25) is 0 Å². The van der Waals surface area contributed by atoms with E-state index in [9.17, 15) is 8.42 Å². The fourth-order valence-corrected chi connectivity index (χ4v) is 2.56. The number of aromatic nitrogens is 2. The molecule has 1 aliphatic carbocycles. The molecule has 17 heavy (non-hydrogen) atoms. The summed E-state index contributed by atoms with van der Waals surface area (Å²) in [5.41, 5.74) is 0. The highest BCUT2D eigenvalue weighted by molar-refractivity contribution is 7.89. The first-order chi connectivity index (χ1) is 7.96. The average Bonchev–Trinajstić information content (AvgIpc) is 2.94. The van der Waals surface area contributed by atoms with E-state index in [-0.39, 0.29) is 23.2 Å². The van der Waals surface area contributed by atoms with Gasteiger partial charge < -0.3 is 4.52 Å². The molecule has 0 aliphatic heterocycles. The number of hydrogen-bond donors (Lipinski definition) is 1. The maximum absolute atomic E-state index is 11.4. The van der Waals surface area contributed by atoms with E-state index in [0.717, 1.165) is 12.8 Å². The van der Waals surface area contributed by atoms with Crippen LogP contribution < -0.4 is 4.72 Å². The molecule has 0 spiro atoms. The fraction of sp³-hybridized carbons (Fsp3) is 0.556. The van der Waals surface area contributed by atoms with Crippen LogP contribution in [0, 0.1) is 0 Å². The van der Waals surface area contributed by atoms with E-state index in [1.807, 2.05) is 0 Å². The van der Waals surface area contributed by atoms with Crippen LogP contribution in [0.15, 0.2) is 16.1 Å². The number of halogens is 1. The molecule has 1 N–H and O–H groups in total. The number of hydrogen-bond acceptors (Lipinski definition) is 5. The van der Waals surface area contributed by atoms with E-state index in [1.54, 1.807) is 0 Å². The minimum atomic E-state index is -3.48. The van der Waals surface area contributed by atoms with Crippen molar-refractivity contribution in [3.05, 3.63) is 23.3 Å². The molecule has 0 bridgehead atoms. The van der Waals surface area contributed by atoms with Crippen molar-refractivity contribution in [1.29, 1.82) is 0 Å². The van der Waals surface area contributed by atoms with E-state index in [1.165, 1.54) is 0 Å². The molecular weight excluding hydrogens is 266 g/mol. The molecule has 0 unspecified atom stereocenters. The molecule has 0 saturated heterocycles. The van der Waals surface area contributed by atoms with E-state index in [4.69, 9.17) is 16.1 Å². The topological polar surface area (TPSA) is 85.1 Å². The zero-order valence-electron chi connectivity index (χ0n) is 9.02. The fourth-order valence-electron chi connectivity index (χ4n) is 1.28. The van der Waals surface area contributed by atoms with Crippen LogP contribution in [0.5, 0.6) is 0 Å². The summed E-state index contributed by atoms with van der Waals surface area (Å²) in [6, 6.07) is 0. The Bertz CT molecular complexity index is 521. The Morgan fingerprint density at radius 1 is 1.59 bits per heavy atom. The van der Waals surface area contributed by atoms with E-state index in [2.05, 4.69) is 21.4 Å². The maximum Gasteiger partial charge on any atom is 0.241 e. The number of sulfonamides is 1. The first-order valence-corrected chi connectivity index (χ1v) is 7.12. The number of nitrogens with zero attached hydrogens (tertiary/aromatic N) is 2. The Hall–Kier alpha value is -0.920. The summed E-state index contributed by atoms with van der Waals surface area (Å²) >= 11 is 5.43. The molecule has 1 fully saturated rings. The number of rotatable bonds is 6. The Labute approximate surface area is 104 Å². The van der Waals surface area contributed by atoms with Crippen LogP contribution in [0.4, 0.5) is 0 Å². The van der Waals surface area contributed by atoms with Gasteiger partial charge in [0.2, 0.25) is 15.9 Å². The summed E-state index contributed by atoms with van der Waals surface area (Å²) in [6.45, 7) is 3.30. The molecule has 1 aromatic rings. The lowest BCUT2D eigenvalue weighted by atomic mass is 10.4. The molecule has 1 aliphatic rings. The maximum atomic E-state index is 11.4. The van der Waals surface area contributed by atoms with Crippen LogP contribution in [0.1, 0.15) is 30.5 Å². The van der Waals surface area contributed by atoms with Crippen LogP contribution in [0.3, 0.4) is 0 Å². The summed E-state index contributed by atoms with van der Waals surface area (Å²) in [6.07, 6.45) is 2.13. The smallest absolute Gasteiger partial charge is 0.241 e. The van der Waals surface area contributed by atoms with Crippen molar-refractivity contribution in [1.82, 2.24) is 14.9 Å². The zero-order valence-corrected chi connectivity index (χ0v) is 10.6. The molecule has 1 heterocycles. The van der Waals surface area contributed by atoms with Gasteiger partial charge in [0.1, 0.15) is 0 Å². The Kier molecular flexibility index (Phi) is 3.50. The Morgan fingerprint density at radius 2 is 2.29 bits per heavy atom. The van der Waals surface area contributed by atoms with Gasteiger partial charge in [0.05, 0.1) is 12.3 Å². The molecule has 8 heteroatoms. The average molecular weight is 278 g/mol. The molecular formula is C9H12ClN3O3S. The van der Waals surface area contributed by atoms with Crippen molar-refractivity contribution in [2.75, 3.05) is 5.75 Å². The normalized spacial score (nSPS) is 16.1. The van der Waals surface area contributed by atoms with E-state index >= 15 is 0 Å². The van der Waals surface area contributed by atoms with E-state index < -0.39 is 10.0 Å². The zero-order chi connectivity index (χ0) is 12.5. The van der Waals surface area contributed by atoms with Gasteiger partial charge in [0, 0.05) is 11.0 Å². The van der Waals surface area contributed by atoms with Gasteiger partial charge in [-0.15, -0.1) is 0 Å². The summed E-state index contributed by atoms with van der Waals surface area (Å²) < 4.78 is 30.1. The Morgan fingerprint density at radius 3 is 2.88 bits per heavy atom. The minimum Gasteiger partial charge on any atom is -0.338 e. The third-order valence-corrected chi connectivity index (χ3v) is 3.82.